The minimum Gasteiger partial charge on any atom is -0.383 e. The lowest BCUT2D eigenvalue weighted by molar-refractivity contribution is 0.179. The molecular weight excluding hydrogens is 176 g/mol. The molecule has 2 rings (SSSR count). The maximum Gasteiger partial charge on any atom is 0.109 e. The summed E-state index contributed by atoms with van der Waals surface area (Å²) in [5.74, 6) is 1.39. The van der Waals surface area contributed by atoms with Crippen LogP contribution in [0.25, 0.3) is 0 Å². The Morgan fingerprint density at radius 3 is 2.93 bits per heavy atom. The van der Waals surface area contributed by atoms with Gasteiger partial charge in [0.2, 0.25) is 0 Å². The number of methoxy groups -OCH3 is 1. The summed E-state index contributed by atoms with van der Waals surface area (Å²) in [4.78, 5) is 0. The molecule has 3 heteroatoms. The fourth-order valence-corrected chi connectivity index (χ4v) is 3.10. The molecule has 0 aromatic rings. The van der Waals surface area contributed by atoms with Crippen LogP contribution in [0, 0.1) is 23.2 Å². The van der Waals surface area contributed by atoms with E-state index < -0.39 is 0 Å². The Balaban J connectivity index is 1.95. The molecule has 0 radical (unpaired) electrons. The van der Waals surface area contributed by atoms with Crippen molar-refractivity contribution in [2.24, 2.45) is 11.8 Å². The molecule has 2 aliphatic carbocycles. The minimum atomic E-state index is -0.221. The lowest BCUT2D eigenvalue weighted by Gasteiger charge is -2.32. The van der Waals surface area contributed by atoms with Gasteiger partial charge in [0.25, 0.3) is 0 Å². The van der Waals surface area contributed by atoms with Crippen molar-refractivity contribution < 1.29 is 4.74 Å². The van der Waals surface area contributed by atoms with Crippen LogP contribution >= 0.6 is 0 Å². The van der Waals surface area contributed by atoms with Crippen molar-refractivity contribution in [2.45, 2.75) is 31.2 Å². The zero-order valence-electron chi connectivity index (χ0n) is 8.75. The van der Waals surface area contributed by atoms with E-state index in [9.17, 15) is 5.26 Å². The van der Waals surface area contributed by atoms with Crippen LogP contribution in [0.15, 0.2) is 0 Å². The van der Waals surface area contributed by atoms with Gasteiger partial charge in [-0.15, -0.1) is 0 Å². The Labute approximate surface area is 85.4 Å². The van der Waals surface area contributed by atoms with E-state index in [0.29, 0.717) is 12.5 Å². The van der Waals surface area contributed by atoms with Crippen molar-refractivity contribution >= 4 is 0 Å². The quantitative estimate of drug-likeness (QED) is 0.686. The second-order valence-corrected chi connectivity index (χ2v) is 4.58. The van der Waals surface area contributed by atoms with Gasteiger partial charge in [-0.3, -0.25) is 5.32 Å². The molecule has 14 heavy (non-hydrogen) atoms. The number of nitrogens with zero attached hydrogens (tertiary/aromatic N) is 1. The van der Waals surface area contributed by atoms with E-state index in [1.807, 2.05) is 0 Å². The summed E-state index contributed by atoms with van der Waals surface area (Å²) in [6, 6.07) is 2.50. The van der Waals surface area contributed by atoms with Crippen molar-refractivity contribution in [3.63, 3.8) is 0 Å². The number of fused-ring (bicyclic) bond motifs is 2. The van der Waals surface area contributed by atoms with Gasteiger partial charge in [-0.25, -0.2) is 0 Å². The number of nitriles is 1. The van der Waals surface area contributed by atoms with Crippen LogP contribution in [-0.2, 0) is 4.74 Å². The molecular formula is C11H18N2O. The lowest BCUT2D eigenvalue weighted by atomic mass is 9.82. The largest absolute Gasteiger partial charge is 0.383 e. The molecule has 0 saturated heterocycles. The van der Waals surface area contributed by atoms with Crippen LogP contribution < -0.4 is 5.32 Å². The Morgan fingerprint density at radius 2 is 2.43 bits per heavy atom. The van der Waals surface area contributed by atoms with Gasteiger partial charge < -0.3 is 4.74 Å². The van der Waals surface area contributed by atoms with Gasteiger partial charge in [0.05, 0.1) is 12.7 Å². The van der Waals surface area contributed by atoms with Crippen LogP contribution in [-0.4, -0.2) is 25.8 Å². The first-order valence-electron chi connectivity index (χ1n) is 5.46. The monoisotopic (exact) mass is 194 g/mol. The molecule has 2 fully saturated rings. The van der Waals surface area contributed by atoms with Crippen molar-refractivity contribution in [3.05, 3.63) is 0 Å². The van der Waals surface area contributed by atoms with Gasteiger partial charge in [-0.1, -0.05) is 0 Å². The third-order valence-electron chi connectivity index (χ3n) is 3.79. The Bertz CT molecular complexity index is 248. The first-order valence-corrected chi connectivity index (χ1v) is 5.46. The predicted molar refractivity (Wildman–Crippen MR) is 53.7 cm³/mol. The van der Waals surface area contributed by atoms with Gasteiger partial charge in [0.1, 0.15) is 5.54 Å². The fourth-order valence-electron chi connectivity index (χ4n) is 3.10. The highest BCUT2D eigenvalue weighted by Gasteiger charge is 2.51. The SMILES string of the molecule is COCCNC1(C#N)CC2CCC1C2. The van der Waals surface area contributed by atoms with Gasteiger partial charge in [-0.2, -0.15) is 5.26 Å². The average molecular weight is 194 g/mol. The highest BCUT2D eigenvalue weighted by Crippen LogP contribution is 2.50. The van der Waals surface area contributed by atoms with Gasteiger partial charge in [-0.05, 0) is 37.5 Å². The topological polar surface area (TPSA) is 45.0 Å². The summed E-state index contributed by atoms with van der Waals surface area (Å²) in [5, 5.41) is 12.7. The lowest BCUT2D eigenvalue weighted by Crippen LogP contribution is -2.49. The van der Waals surface area contributed by atoms with E-state index in [1.165, 1.54) is 19.3 Å². The first-order chi connectivity index (χ1) is 6.80. The van der Waals surface area contributed by atoms with Crippen LogP contribution in [0.1, 0.15) is 25.7 Å². The van der Waals surface area contributed by atoms with E-state index >= 15 is 0 Å². The molecule has 0 amide bonds. The Kier molecular flexibility index (Phi) is 2.76. The molecule has 1 N–H and O–H groups in total. The number of hydrogen-bond donors (Lipinski definition) is 1. The zero-order valence-corrected chi connectivity index (χ0v) is 8.75. The van der Waals surface area contributed by atoms with Crippen LogP contribution in [0.2, 0.25) is 0 Å². The van der Waals surface area contributed by atoms with Crippen LogP contribution in [0.3, 0.4) is 0 Å². The average Bonchev–Trinajstić information content (AvgIpc) is 2.78. The smallest absolute Gasteiger partial charge is 0.109 e. The fraction of sp³-hybridized carbons (Fsp3) is 0.909. The van der Waals surface area contributed by atoms with E-state index in [-0.39, 0.29) is 5.54 Å². The third kappa shape index (κ3) is 1.53. The van der Waals surface area contributed by atoms with E-state index in [4.69, 9.17) is 4.74 Å². The maximum atomic E-state index is 9.28. The molecule has 0 spiro atoms. The number of rotatable bonds is 4. The molecule has 3 nitrogen and oxygen atoms in total. The summed E-state index contributed by atoms with van der Waals surface area (Å²) in [5.41, 5.74) is -0.221. The molecule has 0 heterocycles. The van der Waals surface area contributed by atoms with Crippen molar-refractivity contribution in [3.8, 4) is 6.07 Å². The van der Waals surface area contributed by atoms with Crippen LogP contribution in [0.4, 0.5) is 0 Å². The zero-order chi connectivity index (χ0) is 10.0. The highest BCUT2D eigenvalue weighted by atomic mass is 16.5. The minimum absolute atomic E-state index is 0.221. The molecule has 0 aromatic heterocycles. The summed E-state index contributed by atoms with van der Waals surface area (Å²) < 4.78 is 5.00. The Morgan fingerprint density at radius 1 is 1.57 bits per heavy atom. The second kappa shape index (κ2) is 3.88. The molecule has 2 bridgehead atoms. The summed E-state index contributed by atoms with van der Waals surface area (Å²) >= 11 is 0. The van der Waals surface area contributed by atoms with E-state index in [1.54, 1.807) is 7.11 Å². The summed E-state index contributed by atoms with van der Waals surface area (Å²) in [6.07, 6.45) is 4.88. The number of nitrogens with one attached hydrogen (secondary N) is 1. The van der Waals surface area contributed by atoms with Crippen molar-refractivity contribution in [1.82, 2.24) is 5.32 Å². The van der Waals surface area contributed by atoms with Crippen molar-refractivity contribution in [1.29, 1.82) is 5.26 Å². The maximum absolute atomic E-state index is 9.28. The number of ether oxygens (including phenoxy) is 1. The van der Waals surface area contributed by atoms with E-state index in [0.717, 1.165) is 18.9 Å². The third-order valence-corrected chi connectivity index (χ3v) is 3.79. The van der Waals surface area contributed by atoms with Gasteiger partial charge in [0.15, 0.2) is 0 Å². The molecule has 3 atom stereocenters. The molecule has 2 aliphatic rings. The number of hydrogen-bond acceptors (Lipinski definition) is 3. The normalized spacial score (nSPS) is 40.0. The molecule has 0 aliphatic heterocycles. The van der Waals surface area contributed by atoms with E-state index in [2.05, 4.69) is 11.4 Å². The predicted octanol–water partition coefficient (Wildman–Crippen LogP) is 1.30. The molecule has 3 unspecified atom stereocenters. The van der Waals surface area contributed by atoms with Crippen LogP contribution in [0.5, 0.6) is 0 Å². The second-order valence-electron chi connectivity index (χ2n) is 4.58. The standard InChI is InChI=1S/C11H18N2O/c1-14-5-4-13-11(8-12)7-9-2-3-10(11)6-9/h9-10,13H,2-7H2,1H3. The summed E-state index contributed by atoms with van der Waals surface area (Å²) in [7, 11) is 1.70. The molecule has 2 saturated carbocycles. The van der Waals surface area contributed by atoms with Crippen molar-refractivity contribution in [2.75, 3.05) is 20.3 Å². The first kappa shape index (κ1) is 9.95. The summed E-state index contributed by atoms with van der Waals surface area (Å²) in [6.45, 7) is 1.49. The van der Waals surface area contributed by atoms with Gasteiger partial charge in [0, 0.05) is 13.7 Å². The molecule has 78 valence electrons. The Hall–Kier alpha value is -0.590. The molecule has 0 aromatic carbocycles. The van der Waals surface area contributed by atoms with Gasteiger partial charge >= 0.3 is 0 Å². The highest BCUT2D eigenvalue weighted by molar-refractivity contribution is 5.18.